The Hall–Kier alpha value is -2.12. The number of aryl methyl sites for hydroxylation is 1. The first-order valence-corrected chi connectivity index (χ1v) is 8.54. The van der Waals surface area contributed by atoms with Crippen LogP contribution in [0.4, 0.5) is 0 Å². The third-order valence-corrected chi connectivity index (χ3v) is 4.78. The van der Waals surface area contributed by atoms with Gasteiger partial charge in [0.05, 0.1) is 16.0 Å². The van der Waals surface area contributed by atoms with E-state index in [9.17, 15) is 9.59 Å². The SMILES string of the molecule is Cc1nc(C(=O)N2CCC[C@H](C(=O)O)C2)nn1-c1c(Cl)cccc1Cl. The third kappa shape index (κ3) is 3.48. The van der Waals surface area contributed by atoms with Gasteiger partial charge in [0.1, 0.15) is 11.5 Å². The van der Waals surface area contributed by atoms with E-state index in [0.717, 1.165) is 0 Å². The second-order valence-corrected chi connectivity index (χ2v) is 6.71. The molecule has 1 amide bonds. The Labute approximate surface area is 154 Å². The Kier molecular flexibility index (Phi) is 4.96. The predicted octanol–water partition coefficient (Wildman–Crippen LogP) is 2.82. The summed E-state index contributed by atoms with van der Waals surface area (Å²) in [5, 5.41) is 14.2. The molecule has 1 saturated heterocycles. The van der Waals surface area contributed by atoms with Gasteiger partial charge in [0.2, 0.25) is 5.82 Å². The van der Waals surface area contributed by atoms with Crippen LogP contribution in [0.15, 0.2) is 18.2 Å². The smallest absolute Gasteiger partial charge is 0.308 e. The summed E-state index contributed by atoms with van der Waals surface area (Å²) < 4.78 is 1.43. The molecule has 9 heteroatoms. The molecule has 0 saturated carbocycles. The van der Waals surface area contributed by atoms with Gasteiger partial charge in [0.25, 0.3) is 5.91 Å². The minimum Gasteiger partial charge on any atom is -0.481 e. The Balaban J connectivity index is 1.90. The van der Waals surface area contributed by atoms with Crippen molar-refractivity contribution < 1.29 is 14.7 Å². The van der Waals surface area contributed by atoms with Crippen molar-refractivity contribution >= 4 is 35.1 Å². The molecule has 7 nitrogen and oxygen atoms in total. The van der Waals surface area contributed by atoms with E-state index < -0.39 is 17.8 Å². The fourth-order valence-corrected chi connectivity index (χ4v) is 3.45. The summed E-state index contributed by atoms with van der Waals surface area (Å²) in [6, 6.07) is 5.06. The molecule has 3 rings (SSSR count). The zero-order valence-corrected chi connectivity index (χ0v) is 15.0. The van der Waals surface area contributed by atoms with Crippen LogP contribution >= 0.6 is 23.2 Å². The molecule has 1 aromatic heterocycles. The van der Waals surface area contributed by atoms with Crippen LogP contribution in [0.2, 0.25) is 10.0 Å². The minimum atomic E-state index is -0.894. The van der Waals surface area contributed by atoms with Crippen molar-refractivity contribution in [3.05, 3.63) is 39.9 Å². The first-order valence-electron chi connectivity index (χ1n) is 7.78. The van der Waals surface area contributed by atoms with E-state index in [1.54, 1.807) is 25.1 Å². The average Bonchev–Trinajstić information content (AvgIpc) is 2.96. The summed E-state index contributed by atoms with van der Waals surface area (Å²) in [6.45, 7) is 2.34. The maximum absolute atomic E-state index is 12.7. The van der Waals surface area contributed by atoms with Crippen molar-refractivity contribution in [1.29, 1.82) is 0 Å². The Morgan fingerprint density at radius 1 is 1.28 bits per heavy atom. The molecule has 1 atom stereocenters. The van der Waals surface area contributed by atoms with Crippen molar-refractivity contribution in [2.75, 3.05) is 13.1 Å². The number of rotatable bonds is 3. The number of aromatic nitrogens is 3. The first kappa shape index (κ1) is 17.7. The second kappa shape index (κ2) is 7.01. The van der Waals surface area contributed by atoms with Crippen molar-refractivity contribution in [2.24, 2.45) is 5.92 Å². The van der Waals surface area contributed by atoms with E-state index in [4.69, 9.17) is 28.3 Å². The number of amides is 1. The monoisotopic (exact) mass is 382 g/mol. The van der Waals surface area contributed by atoms with E-state index in [1.807, 2.05) is 0 Å². The number of aliphatic carboxylic acids is 1. The highest BCUT2D eigenvalue weighted by Gasteiger charge is 2.30. The van der Waals surface area contributed by atoms with E-state index in [-0.39, 0.29) is 12.4 Å². The fourth-order valence-electron chi connectivity index (χ4n) is 2.89. The number of benzene rings is 1. The lowest BCUT2D eigenvalue weighted by Gasteiger charge is -2.29. The number of nitrogens with zero attached hydrogens (tertiary/aromatic N) is 4. The highest BCUT2D eigenvalue weighted by atomic mass is 35.5. The van der Waals surface area contributed by atoms with E-state index >= 15 is 0 Å². The van der Waals surface area contributed by atoms with Crippen molar-refractivity contribution in [2.45, 2.75) is 19.8 Å². The van der Waals surface area contributed by atoms with Crippen LogP contribution in [0, 0.1) is 12.8 Å². The van der Waals surface area contributed by atoms with Gasteiger partial charge in [-0.05, 0) is 31.9 Å². The summed E-state index contributed by atoms with van der Waals surface area (Å²) in [7, 11) is 0. The lowest BCUT2D eigenvalue weighted by atomic mass is 9.98. The molecule has 0 aliphatic carbocycles. The van der Waals surface area contributed by atoms with Crippen LogP contribution in [0.25, 0.3) is 5.69 Å². The standard InChI is InChI=1S/C16H16Cl2N4O3/c1-9-19-14(15(23)21-7-3-4-10(8-21)16(24)25)20-22(9)13-11(17)5-2-6-12(13)18/h2,5-6,10H,3-4,7-8H2,1H3,(H,24,25)/t10-/m0/s1. The molecular formula is C16H16Cl2N4O3. The molecule has 0 bridgehead atoms. The minimum absolute atomic E-state index is 0.000440. The topological polar surface area (TPSA) is 88.3 Å². The molecule has 25 heavy (non-hydrogen) atoms. The molecule has 0 spiro atoms. The van der Waals surface area contributed by atoms with Crippen molar-refractivity contribution in [3.63, 3.8) is 0 Å². The van der Waals surface area contributed by atoms with Crippen LogP contribution in [0.3, 0.4) is 0 Å². The molecule has 0 unspecified atom stereocenters. The van der Waals surface area contributed by atoms with Crippen LogP contribution in [-0.2, 0) is 4.79 Å². The lowest BCUT2D eigenvalue weighted by Crippen LogP contribution is -2.42. The summed E-state index contributed by atoms with van der Waals surface area (Å²) in [5.41, 5.74) is 0.455. The van der Waals surface area contributed by atoms with Gasteiger partial charge in [-0.2, -0.15) is 0 Å². The molecule has 132 valence electrons. The Morgan fingerprint density at radius 2 is 1.96 bits per heavy atom. The van der Waals surface area contributed by atoms with Crippen LogP contribution < -0.4 is 0 Å². The molecule has 1 N–H and O–H groups in total. The molecular weight excluding hydrogens is 367 g/mol. The van der Waals surface area contributed by atoms with Gasteiger partial charge in [0.15, 0.2) is 0 Å². The van der Waals surface area contributed by atoms with E-state index in [0.29, 0.717) is 40.9 Å². The van der Waals surface area contributed by atoms with Gasteiger partial charge in [-0.25, -0.2) is 9.67 Å². The maximum atomic E-state index is 12.7. The Morgan fingerprint density at radius 3 is 2.60 bits per heavy atom. The summed E-state index contributed by atoms with van der Waals surface area (Å²) in [6.07, 6.45) is 1.20. The number of carbonyl (C=O) groups is 2. The number of carbonyl (C=O) groups excluding carboxylic acids is 1. The van der Waals surface area contributed by atoms with Gasteiger partial charge in [0, 0.05) is 13.1 Å². The third-order valence-electron chi connectivity index (χ3n) is 4.17. The number of hydrogen-bond donors (Lipinski definition) is 1. The quantitative estimate of drug-likeness (QED) is 0.881. The van der Waals surface area contributed by atoms with Gasteiger partial charge < -0.3 is 10.0 Å². The lowest BCUT2D eigenvalue weighted by molar-refractivity contribution is -0.143. The molecule has 2 heterocycles. The first-order chi connectivity index (χ1) is 11.9. The van der Waals surface area contributed by atoms with Crippen LogP contribution in [0.5, 0.6) is 0 Å². The zero-order chi connectivity index (χ0) is 18.1. The van der Waals surface area contributed by atoms with Crippen LogP contribution in [0.1, 0.15) is 29.3 Å². The number of para-hydroxylation sites is 1. The van der Waals surface area contributed by atoms with E-state index in [2.05, 4.69) is 10.1 Å². The largest absolute Gasteiger partial charge is 0.481 e. The predicted molar refractivity (Wildman–Crippen MR) is 92.4 cm³/mol. The number of hydrogen-bond acceptors (Lipinski definition) is 4. The highest BCUT2D eigenvalue weighted by Crippen LogP contribution is 2.28. The molecule has 1 aliphatic heterocycles. The summed E-state index contributed by atoms with van der Waals surface area (Å²) in [5.74, 6) is -1.38. The Bertz CT molecular complexity index is 817. The summed E-state index contributed by atoms with van der Waals surface area (Å²) >= 11 is 12.4. The van der Waals surface area contributed by atoms with Crippen molar-refractivity contribution in [1.82, 2.24) is 19.7 Å². The number of piperidine rings is 1. The molecule has 1 aromatic carbocycles. The average molecular weight is 383 g/mol. The van der Waals surface area contributed by atoms with Crippen molar-refractivity contribution in [3.8, 4) is 5.69 Å². The molecule has 0 radical (unpaired) electrons. The zero-order valence-electron chi connectivity index (χ0n) is 13.4. The molecule has 2 aromatic rings. The highest BCUT2D eigenvalue weighted by molar-refractivity contribution is 6.37. The van der Waals surface area contributed by atoms with Gasteiger partial charge in [-0.15, -0.1) is 5.10 Å². The fraction of sp³-hybridized carbons (Fsp3) is 0.375. The van der Waals surface area contributed by atoms with Gasteiger partial charge in [-0.1, -0.05) is 29.3 Å². The van der Waals surface area contributed by atoms with Gasteiger partial charge in [-0.3, -0.25) is 9.59 Å². The van der Waals surface area contributed by atoms with Crippen LogP contribution in [-0.4, -0.2) is 49.7 Å². The number of likely N-dealkylation sites (tertiary alicyclic amines) is 1. The second-order valence-electron chi connectivity index (χ2n) is 5.89. The number of halogens is 2. The van der Waals surface area contributed by atoms with E-state index in [1.165, 1.54) is 9.58 Å². The normalized spacial score (nSPS) is 17.6. The summed E-state index contributed by atoms with van der Waals surface area (Å²) in [4.78, 5) is 29.5. The maximum Gasteiger partial charge on any atom is 0.308 e. The van der Waals surface area contributed by atoms with Gasteiger partial charge >= 0.3 is 5.97 Å². The molecule has 1 aliphatic rings. The number of carboxylic acid groups (broad SMARTS) is 1. The molecule has 1 fully saturated rings. The number of carboxylic acids is 1.